The summed E-state index contributed by atoms with van der Waals surface area (Å²) < 4.78 is 5.20. The van der Waals surface area contributed by atoms with E-state index in [0.29, 0.717) is 18.8 Å². The van der Waals surface area contributed by atoms with E-state index in [1.807, 2.05) is 19.9 Å². The van der Waals surface area contributed by atoms with Gasteiger partial charge in [-0.2, -0.15) is 0 Å². The Labute approximate surface area is 191 Å². The number of aliphatic imine (C=N–C) groups is 1. The molecule has 0 aliphatic carbocycles. The molecule has 0 saturated carbocycles. The van der Waals surface area contributed by atoms with E-state index in [0.717, 1.165) is 31.0 Å². The molecule has 0 aliphatic rings. The van der Waals surface area contributed by atoms with Crippen LogP contribution in [0.15, 0.2) is 52.1 Å². The van der Waals surface area contributed by atoms with Crippen LogP contribution in [0, 0.1) is 6.92 Å². The fraction of sp³-hybridized carbons (Fsp3) is 0.455. The summed E-state index contributed by atoms with van der Waals surface area (Å²) in [7, 11) is 0. The van der Waals surface area contributed by atoms with Crippen molar-refractivity contribution in [2.24, 2.45) is 4.99 Å². The molecule has 1 aromatic carbocycles. The summed E-state index contributed by atoms with van der Waals surface area (Å²) in [5.74, 6) is 0.999. The summed E-state index contributed by atoms with van der Waals surface area (Å²) in [5.41, 5.74) is 2.07. The minimum absolute atomic E-state index is 0. The van der Waals surface area contributed by atoms with Crippen LogP contribution in [0.2, 0.25) is 0 Å². The Morgan fingerprint density at radius 3 is 2.38 bits per heavy atom. The number of halogens is 1. The first-order chi connectivity index (χ1) is 13.4. The largest absolute Gasteiger partial charge is 0.459 e. The number of hydrogen-bond acceptors (Lipinski definition) is 3. The zero-order valence-electron chi connectivity index (χ0n) is 17.7. The topological polar surface area (TPSA) is 78.7 Å². The smallest absolute Gasteiger partial charge is 0.287 e. The van der Waals surface area contributed by atoms with Crippen molar-refractivity contribution in [2.75, 3.05) is 26.2 Å². The number of carbonyl (C=O) groups is 1. The second-order valence-electron chi connectivity index (χ2n) is 7.41. The summed E-state index contributed by atoms with van der Waals surface area (Å²) in [6.45, 7) is 11.1. The summed E-state index contributed by atoms with van der Waals surface area (Å²) in [6, 6.07) is 12.2. The number of carbonyl (C=O) groups excluding carboxylic acids is 1. The van der Waals surface area contributed by atoms with Gasteiger partial charge in [0.2, 0.25) is 0 Å². The molecule has 0 saturated heterocycles. The van der Waals surface area contributed by atoms with E-state index in [1.54, 1.807) is 6.07 Å². The first-order valence-corrected chi connectivity index (χ1v) is 9.84. The molecule has 160 valence electrons. The molecule has 6 nitrogen and oxygen atoms in total. The number of nitrogens with one attached hydrogen (secondary N) is 3. The van der Waals surface area contributed by atoms with Crippen molar-refractivity contribution in [1.29, 1.82) is 0 Å². The van der Waals surface area contributed by atoms with Crippen LogP contribution < -0.4 is 16.0 Å². The van der Waals surface area contributed by atoms with Crippen molar-refractivity contribution < 1.29 is 9.21 Å². The maximum atomic E-state index is 12.0. The van der Waals surface area contributed by atoms with E-state index in [9.17, 15) is 4.79 Å². The lowest BCUT2D eigenvalue weighted by Gasteiger charge is -2.24. The number of aryl methyl sites for hydroxylation is 1. The highest BCUT2D eigenvalue weighted by molar-refractivity contribution is 14.0. The average molecular weight is 512 g/mol. The first kappa shape index (κ1) is 25.0. The molecule has 1 heterocycles. The number of amides is 1. The molecule has 0 radical (unpaired) electrons. The van der Waals surface area contributed by atoms with Crippen molar-refractivity contribution in [3.63, 3.8) is 0 Å². The highest BCUT2D eigenvalue weighted by Gasteiger charge is 2.20. The van der Waals surface area contributed by atoms with Gasteiger partial charge in [-0.1, -0.05) is 44.2 Å². The van der Waals surface area contributed by atoms with Gasteiger partial charge in [0.05, 0.1) is 12.8 Å². The second-order valence-corrected chi connectivity index (χ2v) is 7.41. The third-order valence-electron chi connectivity index (χ3n) is 4.53. The molecular formula is C22H33IN4O2. The zero-order valence-corrected chi connectivity index (χ0v) is 20.1. The number of guanidine groups is 1. The lowest BCUT2D eigenvalue weighted by Crippen LogP contribution is -2.39. The van der Waals surface area contributed by atoms with Crippen LogP contribution in [-0.4, -0.2) is 38.0 Å². The fourth-order valence-corrected chi connectivity index (χ4v) is 2.78. The minimum atomic E-state index is -0.173. The molecule has 29 heavy (non-hydrogen) atoms. The lowest BCUT2D eigenvalue weighted by atomic mass is 9.85. The molecule has 2 rings (SSSR count). The molecule has 1 aromatic heterocycles. The van der Waals surface area contributed by atoms with Gasteiger partial charge in [-0.3, -0.25) is 9.79 Å². The molecule has 0 aliphatic heterocycles. The Morgan fingerprint density at radius 2 is 1.76 bits per heavy atom. The van der Waals surface area contributed by atoms with Gasteiger partial charge >= 0.3 is 0 Å². The van der Waals surface area contributed by atoms with Crippen LogP contribution in [0.25, 0.3) is 0 Å². The van der Waals surface area contributed by atoms with Gasteiger partial charge in [0.25, 0.3) is 5.91 Å². The molecule has 0 unspecified atom stereocenters. The summed E-state index contributed by atoms with van der Waals surface area (Å²) in [6.07, 6.45) is 2.32. The average Bonchev–Trinajstić information content (AvgIpc) is 3.12. The quantitative estimate of drug-likeness (QED) is 0.207. The van der Waals surface area contributed by atoms with Crippen LogP contribution in [0.4, 0.5) is 0 Å². The molecule has 0 fully saturated rings. The fourth-order valence-electron chi connectivity index (χ4n) is 2.78. The van der Waals surface area contributed by atoms with Crippen LogP contribution in [0.3, 0.4) is 0 Å². The van der Waals surface area contributed by atoms with E-state index in [2.05, 4.69) is 54.1 Å². The summed E-state index contributed by atoms with van der Waals surface area (Å²) >= 11 is 0. The standard InChI is InChI=1S/C22H32N4O2.HI/c1-5-23-21(26-16-22(3,4)18-10-7-6-8-11-18)25-14-9-13-24-20(27)19-17(2)12-15-28-19;/h6-8,10-12,15H,5,9,13-14,16H2,1-4H3,(H,24,27)(H2,23,25,26);1H. The van der Waals surface area contributed by atoms with Crippen LogP contribution in [0.5, 0.6) is 0 Å². The maximum Gasteiger partial charge on any atom is 0.287 e. The number of benzene rings is 1. The van der Waals surface area contributed by atoms with Crippen molar-refractivity contribution in [2.45, 2.75) is 39.5 Å². The van der Waals surface area contributed by atoms with Crippen molar-refractivity contribution in [3.8, 4) is 0 Å². The normalized spacial score (nSPS) is 11.5. The third-order valence-corrected chi connectivity index (χ3v) is 4.53. The van der Waals surface area contributed by atoms with Gasteiger partial charge in [0.15, 0.2) is 11.7 Å². The van der Waals surface area contributed by atoms with Gasteiger partial charge in [-0.05, 0) is 31.9 Å². The molecule has 7 heteroatoms. The third kappa shape index (κ3) is 8.08. The number of nitrogens with zero attached hydrogens (tertiary/aromatic N) is 1. The summed E-state index contributed by atoms with van der Waals surface area (Å²) in [4.78, 5) is 16.8. The van der Waals surface area contributed by atoms with Gasteiger partial charge in [-0.25, -0.2) is 0 Å². The molecular weight excluding hydrogens is 479 g/mol. The van der Waals surface area contributed by atoms with Crippen molar-refractivity contribution in [3.05, 3.63) is 59.5 Å². The lowest BCUT2D eigenvalue weighted by molar-refractivity contribution is 0.0925. The second kappa shape index (κ2) is 12.5. The minimum Gasteiger partial charge on any atom is -0.459 e. The van der Waals surface area contributed by atoms with Crippen molar-refractivity contribution in [1.82, 2.24) is 16.0 Å². The van der Waals surface area contributed by atoms with E-state index in [4.69, 9.17) is 9.41 Å². The number of furan rings is 1. The maximum absolute atomic E-state index is 12.0. The SMILES string of the molecule is CCNC(=NCC(C)(C)c1ccccc1)NCCCNC(=O)c1occc1C.I. The van der Waals surface area contributed by atoms with Crippen molar-refractivity contribution >= 4 is 35.8 Å². The van der Waals surface area contributed by atoms with Gasteiger partial charge < -0.3 is 20.4 Å². The molecule has 1 amide bonds. The van der Waals surface area contributed by atoms with E-state index in [1.165, 1.54) is 11.8 Å². The Kier molecular flexibility index (Phi) is 10.8. The molecule has 0 spiro atoms. The number of rotatable bonds is 9. The zero-order chi connectivity index (χ0) is 20.4. The van der Waals surface area contributed by atoms with Crippen LogP contribution in [0.1, 0.15) is 48.9 Å². The highest BCUT2D eigenvalue weighted by atomic mass is 127. The monoisotopic (exact) mass is 512 g/mol. The predicted molar refractivity (Wildman–Crippen MR) is 129 cm³/mol. The Morgan fingerprint density at radius 1 is 1.07 bits per heavy atom. The number of hydrogen-bond donors (Lipinski definition) is 3. The predicted octanol–water partition coefficient (Wildman–Crippen LogP) is 3.86. The Balaban J connectivity index is 0.00000420. The van der Waals surface area contributed by atoms with E-state index in [-0.39, 0.29) is 35.3 Å². The van der Waals surface area contributed by atoms with Gasteiger partial charge in [0, 0.05) is 30.6 Å². The van der Waals surface area contributed by atoms with Crippen LogP contribution in [-0.2, 0) is 5.41 Å². The molecule has 3 N–H and O–H groups in total. The Hall–Kier alpha value is -2.03. The first-order valence-electron chi connectivity index (χ1n) is 9.84. The van der Waals surface area contributed by atoms with E-state index >= 15 is 0 Å². The highest BCUT2D eigenvalue weighted by Crippen LogP contribution is 2.22. The van der Waals surface area contributed by atoms with E-state index < -0.39 is 0 Å². The summed E-state index contributed by atoms with van der Waals surface area (Å²) in [5, 5.41) is 9.48. The molecule has 0 atom stereocenters. The van der Waals surface area contributed by atoms with Gasteiger partial charge in [0.1, 0.15) is 0 Å². The molecule has 2 aromatic rings. The molecule has 0 bridgehead atoms. The van der Waals surface area contributed by atoms with Crippen LogP contribution >= 0.6 is 24.0 Å². The van der Waals surface area contributed by atoms with Gasteiger partial charge in [-0.15, -0.1) is 24.0 Å². The Bertz CT molecular complexity index is 772.